The first-order chi connectivity index (χ1) is 40.4. The van der Waals surface area contributed by atoms with E-state index in [1.54, 1.807) is 109 Å². The Kier molecular flexibility index (Phi) is 19.1. The van der Waals surface area contributed by atoms with Gasteiger partial charge in [0, 0.05) is 44.5 Å². The van der Waals surface area contributed by atoms with Crippen LogP contribution in [0.3, 0.4) is 0 Å². The normalized spacial score (nSPS) is 11.8. The van der Waals surface area contributed by atoms with Crippen molar-refractivity contribution in [1.82, 2.24) is 26.8 Å². The summed E-state index contributed by atoms with van der Waals surface area (Å²) in [6.07, 6.45) is -8.91. The first kappa shape index (κ1) is 60.4. The zero-order valence-electron chi connectivity index (χ0n) is 44.8. The maximum atomic E-state index is 13.2. The first-order valence-electron chi connectivity index (χ1n) is 25.9. The molecule has 21 heteroatoms. The van der Waals surface area contributed by atoms with Crippen LogP contribution < -0.4 is 33.2 Å². The van der Waals surface area contributed by atoms with Crippen LogP contribution in [0.1, 0.15) is 75.8 Å². The van der Waals surface area contributed by atoms with Crippen molar-refractivity contribution in [2.24, 2.45) is 10.8 Å². The van der Waals surface area contributed by atoms with Crippen LogP contribution in [-0.4, -0.2) is 46.7 Å². The van der Waals surface area contributed by atoms with Gasteiger partial charge in [0.15, 0.2) is 0 Å². The number of nitrogens with two attached hydrogens (primary N) is 1. The van der Waals surface area contributed by atoms with Gasteiger partial charge in [-0.1, -0.05) is 126 Å². The molecule has 0 unspecified atom stereocenters. The third-order valence-electron chi connectivity index (χ3n) is 13.4. The number of nitrogens with zero attached hydrogens (tertiary/aromatic N) is 5. The van der Waals surface area contributed by atoms with Crippen molar-refractivity contribution in [2.75, 3.05) is 23.7 Å². The standard InChI is InChI=1S/C32H23F3N6O2.C32H25F3N4O2.H3N/c33-32(34,35)24-14-10-20(11-15-24)25-8-4-5-9-26(25)31(43)40-29-17-13-22-18-23(12-16-27(22)38-29)30(42)39-28(19-37-41-36)21-6-2-1-3-7-21;33-32(34,35)24-14-10-20(11-15-24)25-8-4-5-9-26(25)31(41)39-29-17-13-22-18-23(12-16-27(22)37-29)30(40)38-28(19-36)21-6-2-1-3-7-21;/h1-18,28H,19H2,(H,39,42)(H,38,40,43);1-18,28H,19,36H2,(H,38,40)(H,37,39,41);1H3/t2*28-;/m11./s1. The second-order valence-electron chi connectivity index (χ2n) is 18.9. The number of hydrogen-bond donors (Lipinski definition) is 6. The minimum Gasteiger partial charge on any atom is -0.345 e. The number of alkyl halides is 6. The Morgan fingerprint density at radius 2 is 0.871 bits per heavy atom. The van der Waals surface area contributed by atoms with Crippen LogP contribution in [0, 0.1) is 0 Å². The maximum Gasteiger partial charge on any atom is 0.416 e. The number of aromatic nitrogens is 2. The van der Waals surface area contributed by atoms with E-state index >= 15 is 0 Å². The molecule has 2 heterocycles. The van der Waals surface area contributed by atoms with E-state index in [0.29, 0.717) is 55.2 Å². The number of carbonyl (C=O) groups excluding carboxylic acids is 4. The predicted octanol–water partition coefficient (Wildman–Crippen LogP) is 14.7. The molecule has 15 nitrogen and oxygen atoms in total. The molecule has 0 saturated heterocycles. The van der Waals surface area contributed by atoms with Gasteiger partial charge >= 0.3 is 12.4 Å². The van der Waals surface area contributed by atoms with Crippen LogP contribution in [0.4, 0.5) is 38.0 Å². The number of rotatable bonds is 15. The molecular formula is C64H51F6N11O4. The highest BCUT2D eigenvalue weighted by Gasteiger charge is 2.31. The highest BCUT2D eigenvalue weighted by atomic mass is 19.4. The molecule has 2 aromatic heterocycles. The monoisotopic (exact) mass is 1150 g/mol. The van der Waals surface area contributed by atoms with E-state index < -0.39 is 41.3 Å². The molecular weight excluding hydrogens is 1100 g/mol. The van der Waals surface area contributed by atoms with Crippen LogP contribution in [0.25, 0.3) is 54.5 Å². The molecule has 0 spiro atoms. The lowest BCUT2D eigenvalue weighted by molar-refractivity contribution is -0.138. The van der Waals surface area contributed by atoms with Crippen molar-refractivity contribution >= 4 is 57.1 Å². The fourth-order valence-corrected chi connectivity index (χ4v) is 9.07. The summed E-state index contributed by atoms with van der Waals surface area (Å²) in [4.78, 5) is 64.1. The van der Waals surface area contributed by atoms with Gasteiger partial charge in [-0.25, -0.2) is 9.97 Å². The van der Waals surface area contributed by atoms with Gasteiger partial charge in [-0.05, 0) is 136 Å². The van der Waals surface area contributed by atoms with Crippen LogP contribution in [0.5, 0.6) is 0 Å². The second kappa shape index (κ2) is 26.9. The third kappa shape index (κ3) is 15.0. The number of nitrogens with one attached hydrogen (secondary N) is 4. The Morgan fingerprint density at radius 3 is 1.27 bits per heavy atom. The van der Waals surface area contributed by atoms with Crippen LogP contribution in [0.2, 0.25) is 0 Å². The fourth-order valence-electron chi connectivity index (χ4n) is 9.07. The number of azide groups is 1. The molecule has 0 saturated carbocycles. The smallest absolute Gasteiger partial charge is 0.345 e. The second-order valence-corrected chi connectivity index (χ2v) is 18.9. The summed E-state index contributed by atoms with van der Waals surface area (Å²) in [6, 6.07) is 57.0. The summed E-state index contributed by atoms with van der Waals surface area (Å²) < 4.78 is 77.9. The quantitative estimate of drug-likeness (QED) is 0.0249. The fraction of sp³-hybridized carbons (Fsp3) is 0.0938. The van der Waals surface area contributed by atoms with Gasteiger partial charge in [-0.2, -0.15) is 26.3 Å². The molecule has 0 bridgehead atoms. The van der Waals surface area contributed by atoms with E-state index in [1.807, 2.05) is 60.7 Å². The van der Waals surface area contributed by atoms with Crippen molar-refractivity contribution in [2.45, 2.75) is 24.4 Å². The lowest BCUT2D eigenvalue weighted by Gasteiger charge is -2.17. The molecule has 2 atom stereocenters. The molecule has 0 aliphatic heterocycles. The van der Waals surface area contributed by atoms with E-state index in [-0.39, 0.29) is 59.9 Å². The first-order valence-corrected chi connectivity index (χ1v) is 25.9. The summed E-state index contributed by atoms with van der Waals surface area (Å²) in [5.74, 6) is -1.03. The molecule has 0 aliphatic rings. The van der Waals surface area contributed by atoms with Gasteiger partial charge in [0.25, 0.3) is 23.6 Å². The minimum absolute atomic E-state index is 0. The van der Waals surface area contributed by atoms with Crippen LogP contribution in [0.15, 0.2) is 224 Å². The van der Waals surface area contributed by atoms with Gasteiger partial charge in [-0.15, -0.1) is 0 Å². The van der Waals surface area contributed by atoms with Gasteiger partial charge in [0.05, 0.1) is 40.8 Å². The number of anilines is 2. The molecule has 8 aromatic carbocycles. The Labute approximate surface area is 482 Å². The molecule has 0 fully saturated rings. The molecule has 10 aromatic rings. The number of pyridine rings is 2. The van der Waals surface area contributed by atoms with Gasteiger partial charge in [0.2, 0.25) is 0 Å². The van der Waals surface area contributed by atoms with Crippen molar-refractivity contribution in [3.05, 3.63) is 273 Å². The molecule has 0 radical (unpaired) electrons. The molecule has 4 amide bonds. The molecule has 0 aliphatic carbocycles. The van der Waals surface area contributed by atoms with Gasteiger partial charge in [0.1, 0.15) is 11.6 Å². The zero-order valence-corrected chi connectivity index (χ0v) is 44.8. The number of benzene rings is 8. The number of hydrogen-bond acceptors (Lipinski definition) is 9. The van der Waals surface area contributed by atoms with E-state index in [9.17, 15) is 45.5 Å². The summed E-state index contributed by atoms with van der Waals surface area (Å²) >= 11 is 0. The number of amides is 4. The molecule has 10 rings (SSSR count). The summed E-state index contributed by atoms with van der Waals surface area (Å²) in [5.41, 5.74) is 19.2. The topological polar surface area (TPSA) is 252 Å². The SMILES string of the molecule is N.NC[C@@H](NC(=O)c1ccc2nc(NC(=O)c3ccccc3-c3ccc(C(F)(F)F)cc3)ccc2c1)c1ccccc1.[N-]=[N+]=NC[C@@H](NC(=O)c1ccc2nc(NC(=O)c3ccccc3-c3ccc(C(F)(F)F)cc3)ccc2c1)c1ccccc1. The zero-order chi connectivity index (χ0) is 59.4. The van der Waals surface area contributed by atoms with E-state index in [0.717, 1.165) is 35.4 Å². The largest absolute Gasteiger partial charge is 0.416 e. The molecule has 9 N–H and O–H groups in total. The Bertz CT molecular complexity index is 4070. The summed E-state index contributed by atoms with van der Waals surface area (Å²) in [6.45, 7) is 0.294. The van der Waals surface area contributed by atoms with E-state index in [4.69, 9.17) is 11.3 Å². The minimum atomic E-state index is -4.46. The Balaban J connectivity index is 0.000000219. The average molecular weight is 1150 g/mol. The number of halogens is 6. The Morgan fingerprint density at radius 1 is 0.482 bits per heavy atom. The van der Waals surface area contributed by atoms with Crippen molar-refractivity contribution in [3.63, 3.8) is 0 Å². The Hall–Kier alpha value is -10.7. The van der Waals surface area contributed by atoms with E-state index in [2.05, 4.69) is 41.3 Å². The van der Waals surface area contributed by atoms with Gasteiger partial charge in [-0.3, -0.25) is 19.2 Å². The third-order valence-corrected chi connectivity index (χ3v) is 13.4. The molecule has 428 valence electrons. The van der Waals surface area contributed by atoms with Crippen molar-refractivity contribution < 1.29 is 45.5 Å². The predicted molar refractivity (Wildman–Crippen MR) is 315 cm³/mol. The summed E-state index contributed by atoms with van der Waals surface area (Å²) in [5, 5.41) is 16.3. The number of carbonyl (C=O) groups is 4. The summed E-state index contributed by atoms with van der Waals surface area (Å²) in [7, 11) is 0. The number of fused-ring (bicyclic) bond motifs is 2. The lowest BCUT2D eigenvalue weighted by atomic mass is 9.98. The van der Waals surface area contributed by atoms with E-state index in [1.165, 1.54) is 24.3 Å². The molecule has 85 heavy (non-hydrogen) atoms. The maximum absolute atomic E-state index is 13.2. The highest BCUT2D eigenvalue weighted by molar-refractivity contribution is 6.10. The lowest BCUT2D eigenvalue weighted by Crippen LogP contribution is -2.33. The van der Waals surface area contributed by atoms with Crippen molar-refractivity contribution in [3.8, 4) is 22.3 Å². The van der Waals surface area contributed by atoms with Crippen LogP contribution >= 0.6 is 0 Å². The average Bonchev–Trinajstić information content (AvgIpc) is 3.68. The van der Waals surface area contributed by atoms with Gasteiger partial charge < -0.3 is 33.2 Å². The van der Waals surface area contributed by atoms with Crippen LogP contribution in [-0.2, 0) is 12.4 Å². The van der Waals surface area contributed by atoms with Crippen molar-refractivity contribution in [1.29, 1.82) is 0 Å². The highest BCUT2D eigenvalue weighted by Crippen LogP contribution is 2.34.